The third kappa shape index (κ3) is 3.35. The zero-order valence-electron chi connectivity index (χ0n) is 13.5. The van der Waals surface area contributed by atoms with Crippen molar-refractivity contribution in [3.05, 3.63) is 52.2 Å². The normalized spacial score (nSPS) is 11.0. The first-order chi connectivity index (χ1) is 9.90. The molecule has 112 valence electrons. The molecule has 0 radical (unpaired) electrons. The molecular weight excluding hydrogens is 260 g/mol. The van der Waals surface area contributed by atoms with E-state index < -0.39 is 0 Å². The minimum atomic E-state index is 0.510. The quantitative estimate of drug-likeness (QED) is 0.911. The highest BCUT2D eigenvalue weighted by Crippen LogP contribution is 2.25. The Hall–Kier alpha value is -2.03. The van der Waals surface area contributed by atoms with Gasteiger partial charge < -0.3 is 10.5 Å². The van der Waals surface area contributed by atoms with Crippen LogP contribution in [0.2, 0.25) is 0 Å². The van der Waals surface area contributed by atoms with Gasteiger partial charge in [-0.2, -0.15) is 0 Å². The van der Waals surface area contributed by atoms with Gasteiger partial charge in [-0.1, -0.05) is 32.0 Å². The van der Waals surface area contributed by atoms with Crippen LogP contribution in [0.25, 0.3) is 0 Å². The average molecular weight is 284 g/mol. The van der Waals surface area contributed by atoms with Crippen molar-refractivity contribution >= 4 is 5.69 Å². The van der Waals surface area contributed by atoms with E-state index in [1.54, 1.807) is 6.20 Å². The fourth-order valence-corrected chi connectivity index (χ4v) is 2.43. The van der Waals surface area contributed by atoms with Gasteiger partial charge in [0.1, 0.15) is 6.61 Å². The van der Waals surface area contributed by atoms with E-state index in [0.717, 1.165) is 22.4 Å². The number of pyridine rings is 1. The molecule has 2 aromatic rings. The van der Waals surface area contributed by atoms with Crippen LogP contribution in [0.1, 0.15) is 47.6 Å². The molecule has 2 N–H and O–H groups in total. The van der Waals surface area contributed by atoms with Crippen LogP contribution in [0, 0.1) is 20.8 Å². The van der Waals surface area contributed by atoms with E-state index in [0.29, 0.717) is 18.4 Å². The molecule has 3 nitrogen and oxygen atoms in total. The first kappa shape index (κ1) is 15.4. The number of aryl methyl sites for hydroxylation is 2. The molecule has 1 aromatic heterocycles. The minimum absolute atomic E-state index is 0.510. The summed E-state index contributed by atoms with van der Waals surface area (Å²) < 4.78 is 5.84. The number of nitrogens with zero attached hydrogens (tertiary/aromatic N) is 1. The standard InChI is InChI=1S/C18H24N2O/c1-11(2)16-8-15(7-6-12(16)3)10-21-18-14(5)17(19)13(4)9-20-18/h6-9,11H,10H2,1-5H3,(H2,19,20). The summed E-state index contributed by atoms with van der Waals surface area (Å²) in [6.45, 7) is 11.0. The first-order valence-electron chi connectivity index (χ1n) is 7.34. The number of nitrogens with two attached hydrogens (primary N) is 1. The summed E-state index contributed by atoms with van der Waals surface area (Å²) >= 11 is 0. The van der Waals surface area contributed by atoms with Crippen molar-refractivity contribution in [2.45, 2.75) is 47.1 Å². The second-order valence-corrected chi connectivity index (χ2v) is 5.92. The molecule has 0 fully saturated rings. The maximum absolute atomic E-state index is 6.02. The van der Waals surface area contributed by atoms with E-state index in [4.69, 9.17) is 10.5 Å². The number of rotatable bonds is 4. The van der Waals surface area contributed by atoms with Crippen molar-refractivity contribution in [3.63, 3.8) is 0 Å². The molecule has 0 saturated heterocycles. The lowest BCUT2D eigenvalue weighted by molar-refractivity contribution is 0.291. The SMILES string of the molecule is Cc1ccc(COc2ncc(C)c(N)c2C)cc1C(C)C. The molecule has 0 aliphatic heterocycles. The van der Waals surface area contributed by atoms with Crippen LogP contribution in [0.4, 0.5) is 5.69 Å². The summed E-state index contributed by atoms with van der Waals surface area (Å²) in [5.41, 5.74) is 12.5. The van der Waals surface area contributed by atoms with Gasteiger partial charge in [-0.15, -0.1) is 0 Å². The number of hydrogen-bond acceptors (Lipinski definition) is 3. The number of ether oxygens (including phenoxy) is 1. The maximum Gasteiger partial charge on any atom is 0.218 e. The molecular formula is C18H24N2O. The fourth-order valence-electron chi connectivity index (χ4n) is 2.43. The predicted octanol–water partition coefficient (Wildman–Crippen LogP) is 4.29. The second kappa shape index (κ2) is 6.17. The molecule has 2 rings (SSSR count). The van der Waals surface area contributed by atoms with Crippen molar-refractivity contribution in [2.24, 2.45) is 0 Å². The Kier molecular flexibility index (Phi) is 4.51. The highest BCUT2D eigenvalue weighted by molar-refractivity contribution is 5.55. The van der Waals surface area contributed by atoms with E-state index in [-0.39, 0.29) is 0 Å². The number of nitrogen functional groups attached to an aromatic ring is 1. The molecule has 0 aliphatic rings. The fraction of sp³-hybridized carbons (Fsp3) is 0.389. The Bertz CT molecular complexity index is 648. The van der Waals surface area contributed by atoms with Crippen LogP contribution >= 0.6 is 0 Å². The van der Waals surface area contributed by atoms with Crippen LogP contribution < -0.4 is 10.5 Å². The first-order valence-corrected chi connectivity index (χ1v) is 7.34. The third-order valence-corrected chi connectivity index (χ3v) is 3.87. The Morgan fingerprint density at radius 3 is 2.52 bits per heavy atom. The Morgan fingerprint density at radius 2 is 1.86 bits per heavy atom. The summed E-state index contributed by atoms with van der Waals surface area (Å²) in [6.07, 6.45) is 1.76. The molecule has 0 spiro atoms. The molecule has 0 bridgehead atoms. The third-order valence-electron chi connectivity index (χ3n) is 3.87. The number of anilines is 1. The maximum atomic E-state index is 6.02. The highest BCUT2D eigenvalue weighted by Gasteiger charge is 2.09. The van der Waals surface area contributed by atoms with Gasteiger partial charge in [0.05, 0.1) is 0 Å². The van der Waals surface area contributed by atoms with Gasteiger partial charge in [-0.05, 0) is 48.9 Å². The van der Waals surface area contributed by atoms with Gasteiger partial charge in [0, 0.05) is 17.4 Å². The molecule has 1 aromatic carbocycles. The van der Waals surface area contributed by atoms with E-state index in [1.807, 2.05) is 13.8 Å². The zero-order valence-corrected chi connectivity index (χ0v) is 13.5. The Morgan fingerprint density at radius 1 is 1.14 bits per heavy atom. The van der Waals surface area contributed by atoms with Crippen molar-refractivity contribution in [2.75, 3.05) is 5.73 Å². The zero-order chi connectivity index (χ0) is 15.6. The smallest absolute Gasteiger partial charge is 0.218 e. The van der Waals surface area contributed by atoms with Gasteiger partial charge in [-0.25, -0.2) is 4.98 Å². The van der Waals surface area contributed by atoms with Crippen LogP contribution in [-0.4, -0.2) is 4.98 Å². The van der Waals surface area contributed by atoms with E-state index in [9.17, 15) is 0 Å². The van der Waals surface area contributed by atoms with Gasteiger partial charge in [0.15, 0.2) is 0 Å². The predicted molar refractivity (Wildman–Crippen MR) is 87.7 cm³/mol. The Balaban J connectivity index is 2.17. The largest absolute Gasteiger partial charge is 0.473 e. The lowest BCUT2D eigenvalue weighted by Crippen LogP contribution is -2.04. The topological polar surface area (TPSA) is 48.1 Å². The molecule has 0 atom stereocenters. The molecule has 0 amide bonds. The molecule has 1 heterocycles. The van der Waals surface area contributed by atoms with Crippen molar-refractivity contribution in [1.82, 2.24) is 4.98 Å². The average Bonchev–Trinajstić information content (AvgIpc) is 2.45. The van der Waals surface area contributed by atoms with E-state index in [1.165, 1.54) is 11.1 Å². The van der Waals surface area contributed by atoms with Gasteiger partial charge in [0.2, 0.25) is 5.88 Å². The summed E-state index contributed by atoms with van der Waals surface area (Å²) in [7, 11) is 0. The summed E-state index contributed by atoms with van der Waals surface area (Å²) in [5, 5.41) is 0. The van der Waals surface area contributed by atoms with E-state index in [2.05, 4.69) is 44.0 Å². The molecule has 21 heavy (non-hydrogen) atoms. The van der Waals surface area contributed by atoms with Crippen LogP contribution in [0.15, 0.2) is 24.4 Å². The number of hydrogen-bond donors (Lipinski definition) is 1. The lowest BCUT2D eigenvalue weighted by atomic mass is 9.96. The van der Waals surface area contributed by atoms with Crippen molar-refractivity contribution in [1.29, 1.82) is 0 Å². The monoisotopic (exact) mass is 284 g/mol. The van der Waals surface area contributed by atoms with Crippen molar-refractivity contribution < 1.29 is 4.74 Å². The van der Waals surface area contributed by atoms with Gasteiger partial charge in [-0.3, -0.25) is 0 Å². The lowest BCUT2D eigenvalue weighted by Gasteiger charge is -2.14. The molecule has 0 unspecified atom stereocenters. The minimum Gasteiger partial charge on any atom is -0.473 e. The van der Waals surface area contributed by atoms with Gasteiger partial charge >= 0.3 is 0 Å². The van der Waals surface area contributed by atoms with Crippen LogP contribution in [0.5, 0.6) is 5.88 Å². The summed E-state index contributed by atoms with van der Waals surface area (Å²) in [4.78, 5) is 4.33. The number of benzene rings is 1. The summed E-state index contributed by atoms with van der Waals surface area (Å²) in [5.74, 6) is 1.13. The molecule has 0 saturated carbocycles. The van der Waals surface area contributed by atoms with Crippen molar-refractivity contribution in [3.8, 4) is 5.88 Å². The second-order valence-electron chi connectivity index (χ2n) is 5.92. The van der Waals surface area contributed by atoms with Crippen LogP contribution in [-0.2, 0) is 6.61 Å². The van der Waals surface area contributed by atoms with Gasteiger partial charge in [0.25, 0.3) is 0 Å². The molecule has 3 heteroatoms. The Labute approximate surface area is 127 Å². The summed E-state index contributed by atoms with van der Waals surface area (Å²) in [6, 6.07) is 6.47. The number of aromatic nitrogens is 1. The van der Waals surface area contributed by atoms with E-state index >= 15 is 0 Å². The molecule has 0 aliphatic carbocycles. The van der Waals surface area contributed by atoms with Crippen LogP contribution in [0.3, 0.4) is 0 Å². The highest BCUT2D eigenvalue weighted by atomic mass is 16.5.